The number of carbonyl (C=O) groups is 2. The SMILES string of the molecule is CC(C)[C@H](N)C(=O)NC1CCC(C(N)=O)CC1.Cl. The molecule has 1 aliphatic carbocycles. The van der Waals surface area contributed by atoms with E-state index in [-0.39, 0.29) is 42.1 Å². The molecule has 6 heteroatoms. The molecule has 0 unspecified atom stereocenters. The summed E-state index contributed by atoms with van der Waals surface area (Å²) in [7, 11) is 0. The standard InChI is InChI=1S/C12H23N3O2.ClH/c1-7(2)10(13)12(17)15-9-5-3-8(4-6-9)11(14)16;/h7-10H,3-6,13H2,1-2H3,(H2,14,16)(H,15,17);1H/t8?,9?,10-;/m0./s1. The number of rotatable bonds is 4. The van der Waals surface area contributed by atoms with E-state index in [0.29, 0.717) is 0 Å². The molecule has 0 radical (unpaired) electrons. The average molecular weight is 278 g/mol. The summed E-state index contributed by atoms with van der Waals surface area (Å²) in [5, 5.41) is 2.94. The number of nitrogens with two attached hydrogens (primary N) is 2. The fourth-order valence-corrected chi connectivity index (χ4v) is 2.12. The van der Waals surface area contributed by atoms with Gasteiger partial charge in [0.1, 0.15) is 0 Å². The molecule has 1 rings (SSSR count). The third-order valence-corrected chi connectivity index (χ3v) is 3.50. The topological polar surface area (TPSA) is 98.2 Å². The molecule has 1 aliphatic rings. The molecule has 1 atom stereocenters. The number of primary amides is 1. The molecule has 0 saturated heterocycles. The Morgan fingerprint density at radius 3 is 2.06 bits per heavy atom. The van der Waals surface area contributed by atoms with Crippen LogP contribution in [0.1, 0.15) is 39.5 Å². The molecule has 0 aromatic rings. The molecule has 0 heterocycles. The molecule has 106 valence electrons. The minimum atomic E-state index is -0.455. The fourth-order valence-electron chi connectivity index (χ4n) is 2.12. The Hall–Kier alpha value is -0.810. The van der Waals surface area contributed by atoms with Crippen molar-refractivity contribution in [3.63, 3.8) is 0 Å². The highest BCUT2D eigenvalue weighted by molar-refractivity contribution is 5.85. The second kappa shape index (κ2) is 7.59. The van der Waals surface area contributed by atoms with Crippen molar-refractivity contribution < 1.29 is 9.59 Å². The molecule has 1 fully saturated rings. The van der Waals surface area contributed by atoms with E-state index >= 15 is 0 Å². The maximum Gasteiger partial charge on any atom is 0.237 e. The van der Waals surface area contributed by atoms with Crippen molar-refractivity contribution in [1.29, 1.82) is 0 Å². The minimum absolute atomic E-state index is 0. The van der Waals surface area contributed by atoms with Crippen LogP contribution in [-0.4, -0.2) is 23.9 Å². The van der Waals surface area contributed by atoms with Crippen molar-refractivity contribution in [3.8, 4) is 0 Å². The van der Waals surface area contributed by atoms with Crippen molar-refractivity contribution in [3.05, 3.63) is 0 Å². The monoisotopic (exact) mass is 277 g/mol. The van der Waals surface area contributed by atoms with Crippen molar-refractivity contribution >= 4 is 24.2 Å². The van der Waals surface area contributed by atoms with Crippen molar-refractivity contribution in [2.75, 3.05) is 0 Å². The lowest BCUT2D eigenvalue weighted by molar-refractivity contribution is -0.124. The van der Waals surface area contributed by atoms with Crippen molar-refractivity contribution in [2.45, 2.75) is 51.6 Å². The molecule has 0 aromatic heterocycles. The van der Waals surface area contributed by atoms with Crippen LogP contribution in [0.4, 0.5) is 0 Å². The van der Waals surface area contributed by atoms with Gasteiger partial charge in [0.15, 0.2) is 0 Å². The summed E-state index contributed by atoms with van der Waals surface area (Å²) in [6.45, 7) is 3.85. The molecule has 0 aliphatic heterocycles. The lowest BCUT2D eigenvalue weighted by atomic mass is 9.85. The highest BCUT2D eigenvalue weighted by atomic mass is 35.5. The molecule has 5 nitrogen and oxygen atoms in total. The van der Waals surface area contributed by atoms with Gasteiger partial charge in [-0.05, 0) is 31.6 Å². The van der Waals surface area contributed by atoms with E-state index in [2.05, 4.69) is 5.32 Å². The van der Waals surface area contributed by atoms with Crippen LogP contribution in [0.15, 0.2) is 0 Å². The molecular formula is C12H24ClN3O2. The highest BCUT2D eigenvalue weighted by Crippen LogP contribution is 2.23. The summed E-state index contributed by atoms with van der Waals surface area (Å²) in [6.07, 6.45) is 3.14. The maximum absolute atomic E-state index is 11.7. The van der Waals surface area contributed by atoms with Crippen LogP contribution in [-0.2, 0) is 9.59 Å². The Balaban J connectivity index is 0.00000289. The summed E-state index contributed by atoms with van der Waals surface area (Å²) in [5.41, 5.74) is 11.0. The minimum Gasteiger partial charge on any atom is -0.369 e. The smallest absolute Gasteiger partial charge is 0.237 e. The Labute approximate surface area is 114 Å². The van der Waals surface area contributed by atoms with Gasteiger partial charge >= 0.3 is 0 Å². The normalized spacial score (nSPS) is 25.1. The van der Waals surface area contributed by atoms with E-state index in [1.165, 1.54) is 0 Å². The summed E-state index contributed by atoms with van der Waals surface area (Å²) in [5.74, 6) is -0.213. The predicted octanol–water partition coefficient (Wildman–Crippen LogP) is 0.552. The first-order valence-corrected chi connectivity index (χ1v) is 6.27. The van der Waals surface area contributed by atoms with Crippen LogP contribution in [0, 0.1) is 11.8 Å². The van der Waals surface area contributed by atoms with Gasteiger partial charge in [0, 0.05) is 12.0 Å². The molecule has 1 saturated carbocycles. The van der Waals surface area contributed by atoms with Crippen LogP contribution >= 0.6 is 12.4 Å². The lowest BCUT2D eigenvalue weighted by Gasteiger charge is -2.28. The van der Waals surface area contributed by atoms with E-state index in [0.717, 1.165) is 25.7 Å². The zero-order valence-electron chi connectivity index (χ0n) is 11.0. The predicted molar refractivity (Wildman–Crippen MR) is 73.1 cm³/mol. The second-order valence-electron chi connectivity index (χ2n) is 5.23. The molecule has 0 spiro atoms. The third-order valence-electron chi connectivity index (χ3n) is 3.50. The zero-order valence-corrected chi connectivity index (χ0v) is 11.8. The van der Waals surface area contributed by atoms with Crippen molar-refractivity contribution in [2.24, 2.45) is 23.3 Å². The molecule has 0 bridgehead atoms. The molecule has 5 N–H and O–H groups in total. The third kappa shape index (κ3) is 4.82. The van der Waals surface area contributed by atoms with Crippen LogP contribution in [0.2, 0.25) is 0 Å². The number of hydrogen-bond acceptors (Lipinski definition) is 3. The first-order chi connectivity index (χ1) is 7.91. The number of halogens is 1. The number of nitrogens with one attached hydrogen (secondary N) is 1. The van der Waals surface area contributed by atoms with Gasteiger partial charge in [-0.3, -0.25) is 9.59 Å². The summed E-state index contributed by atoms with van der Waals surface area (Å²) in [6, 6.07) is -0.313. The van der Waals surface area contributed by atoms with E-state index in [1.807, 2.05) is 13.8 Å². The number of carbonyl (C=O) groups excluding carboxylic acids is 2. The Kier molecular flexibility index (Phi) is 7.25. The fraction of sp³-hybridized carbons (Fsp3) is 0.833. The summed E-state index contributed by atoms with van der Waals surface area (Å²) in [4.78, 5) is 22.7. The maximum atomic E-state index is 11.7. The highest BCUT2D eigenvalue weighted by Gasteiger charge is 2.27. The molecular weight excluding hydrogens is 254 g/mol. The van der Waals surface area contributed by atoms with Crippen LogP contribution < -0.4 is 16.8 Å². The Bertz CT molecular complexity index is 289. The van der Waals surface area contributed by atoms with Gasteiger partial charge in [-0.15, -0.1) is 12.4 Å². The quantitative estimate of drug-likeness (QED) is 0.700. The second-order valence-corrected chi connectivity index (χ2v) is 5.23. The first kappa shape index (κ1) is 17.2. The van der Waals surface area contributed by atoms with E-state index in [9.17, 15) is 9.59 Å². The Morgan fingerprint density at radius 1 is 1.17 bits per heavy atom. The van der Waals surface area contributed by atoms with Crippen LogP contribution in [0.5, 0.6) is 0 Å². The molecule has 2 amide bonds. The van der Waals surface area contributed by atoms with Gasteiger partial charge < -0.3 is 16.8 Å². The van der Waals surface area contributed by atoms with Crippen LogP contribution in [0.3, 0.4) is 0 Å². The van der Waals surface area contributed by atoms with E-state index in [4.69, 9.17) is 11.5 Å². The van der Waals surface area contributed by atoms with Gasteiger partial charge in [0.05, 0.1) is 6.04 Å². The zero-order chi connectivity index (χ0) is 13.0. The molecule has 0 aromatic carbocycles. The molecule has 18 heavy (non-hydrogen) atoms. The Morgan fingerprint density at radius 2 is 1.67 bits per heavy atom. The van der Waals surface area contributed by atoms with Gasteiger partial charge in [-0.25, -0.2) is 0 Å². The summed E-state index contributed by atoms with van der Waals surface area (Å²) >= 11 is 0. The van der Waals surface area contributed by atoms with Gasteiger partial charge in [0.2, 0.25) is 11.8 Å². The van der Waals surface area contributed by atoms with E-state index in [1.54, 1.807) is 0 Å². The lowest BCUT2D eigenvalue weighted by Crippen LogP contribution is -2.49. The number of amides is 2. The van der Waals surface area contributed by atoms with Crippen molar-refractivity contribution in [1.82, 2.24) is 5.32 Å². The van der Waals surface area contributed by atoms with Gasteiger partial charge in [-0.1, -0.05) is 13.8 Å². The summed E-state index contributed by atoms with van der Waals surface area (Å²) < 4.78 is 0. The number of hydrogen-bond donors (Lipinski definition) is 3. The van der Waals surface area contributed by atoms with E-state index < -0.39 is 6.04 Å². The van der Waals surface area contributed by atoms with Gasteiger partial charge in [0.25, 0.3) is 0 Å². The average Bonchev–Trinajstić information content (AvgIpc) is 2.28. The first-order valence-electron chi connectivity index (χ1n) is 6.27. The van der Waals surface area contributed by atoms with Gasteiger partial charge in [-0.2, -0.15) is 0 Å². The largest absolute Gasteiger partial charge is 0.369 e. The van der Waals surface area contributed by atoms with Crippen LogP contribution in [0.25, 0.3) is 0 Å².